The number of carbonyl (C=O) groups is 4. The van der Waals surface area contributed by atoms with Crippen LogP contribution in [0.2, 0.25) is 0 Å². The van der Waals surface area contributed by atoms with Crippen LogP contribution in [0.1, 0.15) is 40.5 Å². The number of aliphatic hydroxyl groups is 1. The van der Waals surface area contributed by atoms with E-state index in [0.717, 1.165) is 11.1 Å². The number of methoxy groups -OCH3 is 2. The summed E-state index contributed by atoms with van der Waals surface area (Å²) in [6.45, 7) is 8.12. The molecule has 0 saturated carbocycles. The molecule has 46 heavy (non-hydrogen) atoms. The highest BCUT2D eigenvalue weighted by molar-refractivity contribution is 6.23. The molecule has 2 rings (SSSR count). The number of carbonyl (C=O) groups excluding carboxylic acids is 4. The summed E-state index contributed by atoms with van der Waals surface area (Å²) in [6, 6.07) is 0. The van der Waals surface area contributed by atoms with Crippen LogP contribution in [0.4, 0.5) is 4.79 Å². The molecule has 0 radical (unpaired) electrons. The number of hydrogen-bond acceptors (Lipinski definition) is 11. The molecular weight excluding hydrogens is 594 g/mol. The van der Waals surface area contributed by atoms with Gasteiger partial charge in [0.25, 0.3) is 5.91 Å². The SMILES string of the molecule is CO[C@H]1/C=C\C=C(/C)C(=O)NC2=CC(=O)C(NCCN(C)C)=C(C[C@@H](C)C[C@H](OC)[C@H](O)[C@@H](C)/C=C(\C)[C@@H]1OC(=O)N(C)N)C2=O. The van der Waals surface area contributed by atoms with Crippen molar-refractivity contribution in [2.24, 2.45) is 17.7 Å². The first kappa shape index (κ1) is 38.6. The van der Waals surface area contributed by atoms with Gasteiger partial charge in [-0.2, -0.15) is 0 Å². The van der Waals surface area contributed by atoms with Crippen LogP contribution in [0.15, 0.2) is 58.5 Å². The monoisotopic (exact) mass is 645 g/mol. The number of ketones is 2. The lowest BCUT2D eigenvalue weighted by Gasteiger charge is -2.30. The minimum atomic E-state index is -0.967. The van der Waals surface area contributed by atoms with Crippen LogP contribution in [0.25, 0.3) is 0 Å². The summed E-state index contributed by atoms with van der Waals surface area (Å²) in [6.07, 6.45) is 4.08. The number of hydrazine groups is 1. The van der Waals surface area contributed by atoms with Crippen molar-refractivity contribution in [3.63, 3.8) is 0 Å². The Labute approximate surface area is 272 Å². The molecule has 6 atom stereocenters. The summed E-state index contributed by atoms with van der Waals surface area (Å²) < 4.78 is 17.0. The van der Waals surface area contributed by atoms with Crippen LogP contribution < -0.4 is 16.5 Å². The van der Waals surface area contributed by atoms with Crippen molar-refractivity contribution in [1.82, 2.24) is 20.5 Å². The highest BCUT2D eigenvalue weighted by Crippen LogP contribution is 2.29. The number of aliphatic hydroxyl groups excluding tert-OH is 1. The molecule has 13 nitrogen and oxygen atoms in total. The molecule has 1 aliphatic carbocycles. The van der Waals surface area contributed by atoms with E-state index in [1.165, 1.54) is 27.3 Å². The second-order valence-electron chi connectivity index (χ2n) is 12.2. The van der Waals surface area contributed by atoms with Crippen LogP contribution >= 0.6 is 0 Å². The Bertz CT molecular complexity index is 1280. The number of nitrogens with two attached hydrogens (primary N) is 1. The quantitative estimate of drug-likeness (QED) is 0.105. The highest BCUT2D eigenvalue weighted by Gasteiger charge is 2.33. The second-order valence-corrected chi connectivity index (χ2v) is 12.2. The number of likely N-dealkylation sites (N-methyl/N-ethyl adjacent to an activating group) is 1. The first-order valence-corrected chi connectivity index (χ1v) is 15.3. The van der Waals surface area contributed by atoms with Crippen molar-refractivity contribution in [1.29, 1.82) is 0 Å². The van der Waals surface area contributed by atoms with Crippen LogP contribution in [-0.2, 0) is 28.6 Å². The van der Waals surface area contributed by atoms with Gasteiger partial charge in [0.15, 0.2) is 6.10 Å². The van der Waals surface area contributed by atoms with Gasteiger partial charge < -0.3 is 34.9 Å². The first-order chi connectivity index (χ1) is 21.6. The third-order valence-corrected chi connectivity index (χ3v) is 7.93. The largest absolute Gasteiger partial charge is 0.437 e. The number of amides is 2. The predicted octanol–water partition coefficient (Wildman–Crippen LogP) is 1.76. The van der Waals surface area contributed by atoms with E-state index in [1.807, 2.05) is 32.8 Å². The summed E-state index contributed by atoms with van der Waals surface area (Å²) >= 11 is 0. The maximum Gasteiger partial charge on any atom is 0.424 e. The van der Waals surface area contributed by atoms with E-state index in [0.29, 0.717) is 25.1 Å². The molecule has 0 unspecified atom stereocenters. The van der Waals surface area contributed by atoms with E-state index in [-0.39, 0.29) is 34.9 Å². The minimum Gasteiger partial charge on any atom is -0.437 e. The van der Waals surface area contributed by atoms with Crippen LogP contribution in [0.5, 0.6) is 0 Å². The number of ether oxygens (including phenoxy) is 3. The van der Waals surface area contributed by atoms with E-state index in [2.05, 4.69) is 10.6 Å². The van der Waals surface area contributed by atoms with Crippen molar-refractivity contribution in [2.45, 2.75) is 65.0 Å². The number of Topliss-reactive ketones (excluding diaryl/α,β-unsaturated/α-hetero) is 1. The number of rotatable bonds is 7. The fraction of sp³-hybridized carbons (Fsp3) is 0.576. The Morgan fingerprint density at radius 1 is 1.13 bits per heavy atom. The Morgan fingerprint density at radius 2 is 1.80 bits per heavy atom. The Morgan fingerprint density at radius 3 is 2.39 bits per heavy atom. The third-order valence-electron chi connectivity index (χ3n) is 7.93. The Balaban J connectivity index is 2.62. The van der Waals surface area contributed by atoms with Gasteiger partial charge in [0.2, 0.25) is 11.6 Å². The smallest absolute Gasteiger partial charge is 0.424 e. The maximum atomic E-state index is 13.7. The molecule has 5 N–H and O–H groups in total. The zero-order valence-corrected chi connectivity index (χ0v) is 28.5. The lowest BCUT2D eigenvalue weighted by Crippen LogP contribution is -2.41. The van der Waals surface area contributed by atoms with E-state index < -0.39 is 53.9 Å². The average molecular weight is 646 g/mol. The average Bonchev–Trinajstić information content (AvgIpc) is 2.99. The Kier molecular flexibility index (Phi) is 15.0. The number of fused-ring (bicyclic) bond motifs is 2. The predicted molar refractivity (Wildman–Crippen MR) is 174 cm³/mol. The van der Waals surface area contributed by atoms with Gasteiger partial charge in [-0.05, 0) is 52.3 Å². The van der Waals surface area contributed by atoms with Gasteiger partial charge in [-0.25, -0.2) is 15.6 Å². The number of hydrogen-bond donors (Lipinski definition) is 4. The number of nitrogens with zero attached hydrogens (tertiary/aromatic N) is 2. The first-order valence-electron chi connectivity index (χ1n) is 15.3. The van der Waals surface area contributed by atoms with E-state index >= 15 is 0 Å². The number of nitrogens with one attached hydrogen (secondary N) is 2. The van der Waals surface area contributed by atoms with Crippen molar-refractivity contribution in [3.05, 3.63) is 58.5 Å². The number of allylic oxidation sites excluding steroid dienone is 4. The molecule has 0 saturated heterocycles. The molecule has 0 aromatic heterocycles. The summed E-state index contributed by atoms with van der Waals surface area (Å²) in [7, 11) is 8.11. The van der Waals surface area contributed by atoms with E-state index in [4.69, 9.17) is 20.1 Å². The van der Waals surface area contributed by atoms with Gasteiger partial charge in [0, 0.05) is 57.5 Å². The lowest BCUT2D eigenvalue weighted by molar-refractivity contribution is -0.120. The van der Waals surface area contributed by atoms with Crippen LogP contribution in [-0.4, -0.2) is 111 Å². The summed E-state index contributed by atoms with van der Waals surface area (Å²) in [5.41, 5.74) is 1.20. The fourth-order valence-electron chi connectivity index (χ4n) is 5.25. The molecule has 0 spiro atoms. The standard InChI is InChI=1S/C33H51N5O8/c1-19-15-23-28(35-13-14-37(5)6)25(39)18-24(30(23)41)36-32(42)20(2)11-10-12-26(44-8)31(46-33(43)38(7)34)22(4)17-21(3)29(40)27(16-19)45-9/h10-12,17-19,21,26-27,29,31,35,40H,13-16,34H2,1-9H3,(H,36,42)/b12-10-,20-11+,22-17+/t19-,21+,26+,27+,29-,31+/m1/s1. The summed E-state index contributed by atoms with van der Waals surface area (Å²) in [5, 5.41) is 17.9. The third kappa shape index (κ3) is 10.7. The van der Waals surface area contributed by atoms with Crippen molar-refractivity contribution in [2.75, 3.05) is 48.5 Å². The fourth-order valence-corrected chi connectivity index (χ4v) is 5.25. The second kappa shape index (κ2) is 17.9. The molecule has 0 aromatic rings. The van der Waals surface area contributed by atoms with Gasteiger partial charge in [-0.1, -0.05) is 38.2 Å². The zero-order valence-electron chi connectivity index (χ0n) is 28.5. The van der Waals surface area contributed by atoms with Crippen molar-refractivity contribution < 1.29 is 38.5 Å². The van der Waals surface area contributed by atoms with Gasteiger partial charge in [-0.15, -0.1) is 0 Å². The van der Waals surface area contributed by atoms with Crippen LogP contribution in [0.3, 0.4) is 0 Å². The van der Waals surface area contributed by atoms with Gasteiger partial charge in [-0.3, -0.25) is 14.4 Å². The van der Waals surface area contributed by atoms with Crippen molar-refractivity contribution in [3.8, 4) is 0 Å². The molecule has 2 bridgehead atoms. The van der Waals surface area contributed by atoms with Crippen LogP contribution in [0, 0.1) is 11.8 Å². The van der Waals surface area contributed by atoms with E-state index in [1.54, 1.807) is 32.1 Å². The summed E-state index contributed by atoms with van der Waals surface area (Å²) in [5.74, 6) is 3.52. The molecule has 1 heterocycles. The summed E-state index contributed by atoms with van der Waals surface area (Å²) in [4.78, 5) is 54.6. The molecule has 0 fully saturated rings. The molecule has 13 heteroatoms. The molecular formula is C33H51N5O8. The van der Waals surface area contributed by atoms with Gasteiger partial charge >= 0.3 is 6.09 Å². The van der Waals surface area contributed by atoms with Gasteiger partial charge in [0.05, 0.1) is 23.6 Å². The topological polar surface area (TPSA) is 173 Å². The molecule has 1 aliphatic heterocycles. The zero-order chi connectivity index (χ0) is 34.7. The molecule has 2 aliphatic rings. The molecule has 0 aromatic carbocycles. The van der Waals surface area contributed by atoms with Gasteiger partial charge in [0.1, 0.15) is 6.10 Å². The van der Waals surface area contributed by atoms with E-state index in [9.17, 15) is 24.3 Å². The molecule has 2 amide bonds. The maximum absolute atomic E-state index is 13.7. The van der Waals surface area contributed by atoms with Crippen molar-refractivity contribution >= 4 is 23.6 Å². The Hall–Kier alpha value is -3.62. The normalized spacial score (nSPS) is 30.1. The lowest BCUT2D eigenvalue weighted by atomic mass is 9.85. The highest BCUT2D eigenvalue weighted by atomic mass is 16.6. The minimum absolute atomic E-state index is 0.116. The molecule has 256 valence electrons.